The lowest BCUT2D eigenvalue weighted by Crippen LogP contribution is -1.99. The van der Waals surface area contributed by atoms with E-state index in [0.29, 0.717) is 12.0 Å². The molecule has 3 rings (SSSR count). The van der Waals surface area contributed by atoms with Gasteiger partial charge < -0.3 is 10.2 Å². The van der Waals surface area contributed by atoms with E-state index in [1.54, 1.807) is 12.1 Å². The summed E-state index contributed by atoms with van der Waals surface area (Å²) in [7, 11) is 0. The number of aromatic hydroxyl groups is 1. The van der Waals surface area contributed by atoms with Crippen LogP contribution >= 0.6 is 0 Å². The molecular formula is C21H18O3. The summed E-state index contributed by atoms with van der Waals surface area (Å²) in [6.45, 7) is 2.03. The van der Waals surface area contributed by atoms with E-state index in [2.05, 4.69) is 30.3 Å². The molecule has 3 nitrogen and oxygen atoms in total. The minimum absolute atomic E-state index is 0.0663. The van der Waals surface area contributed by atoms with E-state index in [9.17, 15) is 9.90 Å². The molecule has 0 radical (unpaired) electrons. The molecule has 0 aliphatic rings. The molecule has 120 valence electrons. The number of aromatic carboxylic acids is 1. The molecule has 3 heteroatoms. The highest BCUT2D eigenvalue weighted by atomic mass is 16.4. The molecule has 0 amide bonds. The summed E-state index contributed by atoms with van der Waals surface area (Å²) in [6.07, 6.45) is 0.481. The number of carboxylic acids is 1. The van der Waals surface area contributed by atoms with Crippen LogP contribution in [0.25, 0.3) is 11.1 Å². The Labute approximate surface area is 140 Å². The number of aryl methyl sites for hydroxylation is 1. The molecule has 0 saturated heterocycles. The van der Waals surface area contributed by atoms with Gasteiger partial charge >= 0.3 is 5.97 Å². The quantitative estimate of drug-likeness (QED) is 0.736. The van der Waals surface area contributed by atoms with E-state index >= 15 is 0 Å². The zero-order valence-corrected chi connectivity index (χ0v) is 13.4. The summed E-state index contributed by atoms with van der Waals surface area (Å²) in [5.41, 5.74) is 4.94. The Morgan fingerprint density at radius 3 is 2.38 bits per heavy atom. The lowest BCUT2D eigenvalue weighted by atomic mass is 9.95. The van der Waals surface area contributed by atoms with Crippen molar-refractivity contribution in [2.24, 2.45) is 0 Å². The van der Waals surface area contributed by atoms with Crippen LogP contribution in [0.3, 0.4) is 0 Å². The van der Waals surface area contributed by atoms with Crippen LogP contribution in [0.15, 0.2) is 66.7 Å². The van der Waals surface area contributed by atoms with Crippen LogP contribution < -0.4 is 0 Å². The van der Waals surface area contributed by atoms with Crippen LogP contribution in [0, 0.1) is 6.92 Å². The number of carbonyl (C=O) groups is 1. The Kier molecular flexibility index (Phi) is 4.34. The van der Waals surface area contributed by atoms with E-state index in [-0.39, 0.29) is 11.3 Å². The highest BCUT2D eigenvalue weighted by molar-refractivity contribution is 5.91. The number of phenols is 1. The molecule has 0 unspecified atom stereocenters. The first-order valence-corrected chi connectivity index (χ1v) is 7.75. The van der Waals surface area contributed by atoms with Gasteiger partial charge in [0.05, 0.1) is 0 Å². The molecule has 0 fully saturated rings. The fourth-order valence-corrected chi connectivity index (χ4v) is 2.89. The van der Waals surface area contributed by atoms with Gasteiger partial charge in [-0.15, -0.1) is 0 Å². The number of hydrogen-bond donors (Lipinski definition) is 2. The summed E-state index contributed by atoms with van der Waals surface area (Å²) in [5, 5.41) is 19.3. The molecule has 24 heavy (non-hydrogen) atoms. The molecule has 0 bridgehead atoms. The molecule has 0 saturated carbocycles. The molecule has 2 N–H and O–H groups in total. The Bertz CT molecular complexity index is 883. The first kappa shape index (κ1) is 15.8. The van der Waals surface area contributed by atoms with Gasteiger partial charge in [0.1, 0.15) is 11.3 Å². The monoisotopic (exact) mass is 318 g/mol. The van der Waals surface area contributed by atoms with Crippen LogP contribution in [0.4, 0.5) is 0 Å². The van der Waals surface area contributed by atoms with Crippen molar-refractivity contribution in [1.82, 2.24) is 0 Å². The number of hydrogen-bond acceptors (Lipinski definition) is 2. The average molecular weight is 318 g/mol. The first-order valence-electron chi connectivity index (χ1n) is 7.75. The van der Waals surface area contributed by atoms with Gasteiger partial charge in [0.2, 0.25) is 0 Å². The topological polar surface area (TPSA) is 57.5 Å². The molecule has 0 aliphatic carbocycles. The average Bonchev–Trinajstić information content (AvgIpc) is 2.57. The van der Waals surface area contributed by atoms with Gasteiger partial charge in [-0.3, -0.25) is 0 Å². The Hall–Kier alpha value is -3.07. The van der Waals surface area contributed by atoms with Crippen molar-refractivity contribution in [2.45, 2.75) is 13.3 Å². The normalized spacial score (nSPS) is 10.5. The van der Waals surface area contributed by atoms with Gasteiger partial charge in [0.15, 0.2) is 0 Å². The van der Waals surface area contributed by atoms with Gasteiger partial charge in [-0.05, 0) is 35.2 Å². The van der Waals surface area contributed by atoms with Crippen LogP contribution in [0.1, 0.15) is 27.0 Å². The maximum absolute atomic E-state index is 11.2. The Morgan fingerprint density at radius 2 is 1.67 bits per heavy atom. The van der Waals surface area contributed by atoms with Gasteiger partial charge in [-0.2, -0.15) is 0 Å². The third-order valence-electron chi connectivity index (χ3n) is 3.99. The third kappa shape index (κ3) is 3.30. The fourth-order valence-electron chi connectivity index (χ4n) is 2.89. The van der Waals surface area contributed by atoms with E-state index in [0.717, 1.165) is 22.3 Å². The minimum Gasteiger partial charge on any atom is -0.507 e. The van der Waals surface area contributed by atoms with E-state index in [4.69, 9.17) is 5.11 Å². The zero-order valence-electron chi connectivity index (χ0n) is 13.4. The predicted octanol–water partition coefficient (Wildman–Crippen LogP) is 4.66. The van der Waals surface area contributed by atoms with Crippen molar-refractivity contribution < 1.29 is 15.0 Å². The molecule has 0 spiro atoms. The molecular weight excluding hydrogens is 300 g/mol. The zero-order chi connectivity index (χ0) is 17.1. The number of carboxylic acid groups (broad SMARTS) is 1. The minimum atomic E-state index is -1.12. The highest BCUT2D eigenvalue weighted by Gasteiger charge is 2.13. The predicted molar refractivity (Wildman–Crippen MR) is 94.5 cm³/mol. The van der Waals surface area contributed by atoms with Crippen molar-refractivity contribution in [3.63, 3.8) is 0 Å². The Balaban J connectivity index is 1.98. The number of para-hydroxylation sites is 1. The fraction of sp³-hybridized carbons (Fsp3) is 0.0952. The lowest BCUT2D eigenvalue weighted by Gasteiger charge is -2.10. The summed E-state index contributed by atoms with van der Waals surface area (Å²) in [4.78, 5) is 11.2. The molecule has 0 heterocycles. The SMILES string of the molecule is Cc1cc(Cc2cccc(C(=O)O)c2O)cc(-c2ccccc2)c1. The maximum atomic E-state index is 11.2. The second-order valence-electron chi connectivity index (χ2n) is 5.87. The van der Waals surface area contributed by atoms with E-state index in [1.165, 1.54) is 6.07 Å². The van der Waals surface area contributed by atoms with Gasteiger partial charge in [0, 0.05) is 6.42 Å². The smallest absolute Gasteiger partial charge is 0.339 e. The number of benzene rings is 3. The van der Waals surface area contributed by atoms with Crippen molar-refractivity contribution in [3.05, 3.63) is 89.0 Å². The molecule has 0 aliphatic heterocycles. The standard InChI is InChI=1S/C21H18O3/c1-14-10-15(13-18(11-14)16-6-3-2-4-7-16)12-17-8-5-9-19(20(17)22)21(23)24/h2-11,13,22H,12H2,1H3,(H,23,24). The van der Waals surface area contributed by atoms with Crippen molar-refractivity contribution in [2.75, 3.05) is 0 Å². The van der Waals surface area contributed by atoms with Crippen LogP contribution in [0.5, 0.6) is 5.75 Å². The van der Waals surface area contributed by atoms with Gasteiger partial charge in [-0.1, -0.05) is 66.2 Å². The first-order chi connectivity index (χ1) is 11.5. The van der Waals surface area contributed by atoms with Gasteiger partial charge in [0.25, 0.3) is 0 Å². The van der Waals surface area contributed by atoms with E-state index in [1.807, 2.05) is 25.1 Å². The summed E-state index contributed by atoms with van der Waals surface area (Å²) in [6, 6.07) is 21.2. The van der Waals surface area contributed by atoms with Gasteiger partial charge in [-0.25, -0.2) is 4.79 Å². The highest BCUT2D eigenvalue weighted by Crippen LogP contribution is 2.28. The Morgan fingerprint density at radius 1 is 0.917 bits per heavy atom. The summed E-state index contributed by atoms with van der Waals surface area (Å²) < 4.78 is 0. The largest absolute Gasteiger partial charge is 0.507 e. The van der Waals surface area contributed by atoms with E-state index < -0.39 is 5.97 Å². The van der Waals surface area contributed by atoms with Crippen LogP contribution in [-0.4, -0.2) is 16.2 Å². The van der Waals surface area contributed by atoms with Crippen molar-refractivity contribution in [3.8, 4) is 16.9 Å². The molecule has 3 aromatic rings. The van der Waals surface area contributed by atoms with Crippen LogP contribution in [-0.2, 0) is 6.42 Å². The second-order valence-corrected chi connectivity index (χ2v) is 5.87. The van der Waals surface area contributed by atoms with Crippen molar-refractivity contribution in [1.29, 1.82) is 0 Å². The second kappa shape index (κ2) is 6.59. The molecule has 0 aromatic heterocycles. The molecule has 3 aromatic carbocycles. The lowest BCUT2D eigenvalue weighted by molar-refractivity contribution is 0.0693. The van der Waals surface area contributed by atoms with Crippen molar-refractivity contribution >= 4 is 5.97 Å². The molecule has 0 atom stereocenters. The summed E-state index contributed by atoms with van der Waals surface area (Å²) >= 11 is 0. The van der Waals surface area contributed by atoms with Crippen LogP contribution in [0.2, 0.25) is 0 Å². The number of rotatable bonds is 4. The summed E-state index contributed by atoms with van der Waals surface area (Å²) in [5.74, 6) is -1.28. The maximum Gasteiger partial charge on any atom is 0.339 e. The third-order valence-corrected chi connectivity index (χ3v) is 3.99.